The van der Waals surface area contributed by atoms with Gasteiger partial charge in [-0.3, -0.25) is 9.67 Å². The SMILES string of the molecule is CN=C(NCCCn1cnc2ccccc21)N1CCOC(c2cnn(C)c2)C1.I. The van der Waals surface area contributed by atoms with Crippen LogP contribution in [0.15, 0.2) is 48.0 Å². The second kappa shape index (κ2) is 10.1. The van der Waals surface area contributed by atoms with E-state index in [1.807, 2.05) is 49.6 Å². The van der Waals surface area contributed by atoms with Crippen LogP contribution >= 0.6 is 24.0 Å². The second-order valence-corrected chi connectivity index (χ2v) is 7.01. The van der Waals surface area contributed by atoms with Crippen LogP contribution in [0.25, 0.3) is 11.0 Å². The van der Waals surface area contributed by atoms with E-state index in [0.717, 1.165) is 49.6 Å². The third-order valence-electron chi connectivity index (χ3n) is 5.06. The van der Waals surface area contributed by atoms with Crippen molar-refractivity contribution < 1.29 is 4.74 Å². The summed E-state index contributed by atoms with van der Waals surface area (Å²) in [5.74, 6) is 0.924. The highest BCUT2D eigenvalue weighted by atomic mass is 127. The number of fused-ring (bicyclic) bond motifs is 1. The zero-order valence-electron chi connectivity index (χ0n) is 16.9. The molecule has 3 aromatic rings. The summed E-state index contributed by atoms with van der Waals surface area (Å²) >= 11 is 0. The maximum atomic E-state index is 5.93. The number of nitrogens with one attached hydrogen (secondary N) is 1. The third-order valence-corrected chi connectivity index (χ3v) is 5.06. The van der Waals surface area contributed by atoms with Gasteiger partial charge in [0, 0.05) is 45.5 Å². The number of hydrogen-bond acceptors (Lipinski definition) is 4. The lowest BCUT2D eigenvalue weighted by Crippen LogP contribution is -2.48. The fourth-order valence-corrected chi connectivity index (χ4v) is 3.62. The molecule has 0 spiro atoms. The van der Waals surface area contributed by atoms with E-state index >= 15 is 0 Å². The van der Waals surface area contributed by atoms with Crippen molar-refractivity contribution in [2.45, 2.75) is 19.1 Å². The van der Waals surface area contributed by atoms with Gasteiger partial charge in [-0.05, 0) is 18.6 Å². The average Bonchev–Trinajstić information content (AvgIpc) is 3.35. The van der Waals surface area contributed by atoms with Gasteiger partial charge in [-0.1, -0.05) is 12.1 Å². The maximum Gasteiger partial charge on any atom is 0.193 e. The van der Waals surface area contributed by atoms with Crippen molar-refractivity contribution in [2.75, 3.05) is 33.3 Å². The lowest BCUT2D eigenvalue weighted by molar-refractivity contribution is -0.00802. The molecule has 1 unspecified atom stereocenters. The van der Waals surface area contributed by atoms with Crippen LogP contribution in [0.3, 0.4) is 0 Å². The fourth-order valence-electron chi connectivity index (χ4n) is 3.62. The largest absolute Gasteiger partial charge is 0.370 e. The molecule has 0 bridgehead atoms. The number of halogens is 1. The van der Waals surface area contributed by atoms with Gasteiger partial charge in [0.25, 0.3) is 0 Å². The van der Waals surface area contributed by atoms with Crippen molar-refractivity contribution in [3.63, 3.8) is 0 Å². The number of benzene rings is 1. The predicted molar refractivity (Wildman–Crippen MR) is 125 cm³/mol. The molecule has 4 rings (SSSR count). The van der Waals surface area contributed by atoms with Crippen LogP contribution in [0.4, 0.5) is 0 Å². The Kier molecular flexibility index (Phi) is 7.48. The van der Waals surface area contributed by atoms with E-state index in [0.29, 0.717) is 6.61 Å². The van der Waals surface area contributed by atoms with E-state index in [4.69, 9.17) is 4.74 Å². The number of aliphatic imine (C=N–C) groups is 1. The van der Waals surface area contributed by atoms with Crippen molar-refractivity contribution >= 4 is 41.0 Å². The van der Waals surface area contributed by atoms with Gasteiger partial charge >= 0.3 is 0 Å². The van der Waals surface area contributed by atoms with Gasteiger partial charge in [-0.15, -0.1) is 24.0 Å². The summed E-state index contributed by atoms with van der Waals surface area (Å²) in [6, 6.07) is 8.23. The maximum absolute atomic E-state index is 5.93. The van der Waals surface area contributed by atoms with Gasteiger partial charge in [-0.2, -0.15) is 5.10 Å². The topological polar surface area (TPSA) is 72.5 Å². The number of aryl methyl sites for hydroxylation is 2. The normalized spacial score (nSPS) is 17.4. The molecule has 1 aliphatic rings. The molecule has 1 fully saturated rings. The van der Waals surface area contributed by atoms with Gasteiger partial charge < -0.3 is 19.5 Å². The van der Waals surface area contributed by atoms with E-state index in [9.17, 15) is 0 Å². The fraction of sp³-hybridized carbons (Fsp3) is 0.450. The Morgan fingerprint density at radius 3 is 3.00 bits per heavy atom. The van der Waals surface area contributed by atoms with Crippen LogP contribution in [0.1, 0.15) is 18.1 Å². The van der Waals surface area contributed by atoms with Crippen molar-refractivity contribution in [1.82, 2.24) is 29.5 Å². The van der Waals surface area contributed by atoms with Crippen LogP contribution in [-0.2, 0) is 18.3 Å². The molecule has 1 aliphatic heterocycles. The Hall–Kier alpha value is -2.14. The Morgan fingerprint density at radius 2 is 2.21 bits per heavy atom. The summed E-state index contributed by atoms with van der Waals surface area (Å²) in [6.45, 7) is 4.07. The molecule has 1 saturated heterocycles. The number of guanidine groups is 1. The molecular weight excluding hydrogens is 481 g/mol. The summed E-state index contributed by atoms with van der Waals surface area (Å²) in [6.07, 6.45) is 6.83. The van der Waals surface area contributed by atoms with Crippen LogP contribution in [0.5, 0.6) is 0 Å². The first kappa shape index (κ1) is 21.6. The molecule has 1 N–H and O–H groups in total. The molecule has 0 aliphatic carbocycles. The molecular formula is C20H28IN7O. The molecule has 29 heavy (non-hydrogen) atoms. The summed E-state index contributed by atoms with van der Waals surface area (Å²) in [5.41, 5.74) is 3.33. The number of para-hydroxylation sites is 2. The van der Waals surface area contributed by atoms with E-state index in [1.54, 1.807) is 0 Å². The van der Waals surface area contributed by atoms with Gasteiger partial charge in [-0.25, -0.2) is 4.98 Å². The quantitative estimate of drug-likeness (QED) is 0.248. The Bertz CT molecular complexity index is 951. The predicted octanol–water partition coefficient (Wildman–Crippen LogP) is 2.43. The lowest BCUT2D eigenvalue weighted by Gasteiger charge is -2.34. The minimum Gasteiger partial charge on any atom is -0.370 e. The number of rotatable bonds is 5. The zero-order valence-corrected chi connectivity index (χ0v) is 19.2. The number of ether oxygens (including phenoxy) is 1. The summed E-state index contributed by atoms with van der Waals surface area (Å²) in [7, 11) is 3.76. The van der Waals surface area contributed by atoms with Crippen molar-refractivity contribution in [1.29, 1.82) is 0 Å². The lowest BCUT2D eigenvalue weighted by atomic mass is 10.1. The van der Waals surface area contributed by atoms with Crippen molar-refractivity contribution in [2.24, 2.45) is 12.0 Å². The van der Waals surface area contributed by atoms with Gasteiger partial charge in [0.1, 0.15) is 6.10 Å². The highest BCUT2D eigenvalue weighted by Crippen LogP contribution is 2.21. The number of aromatic nitrogens is 4. The second-order valence-electron chi connectivity index (χ2n) is 7.01. The monoisotopic (exact) mass is 509 g/mol. The Labute approximate surface area is 188 Å². The Balaban J connectivity index is 0.00000240. The van der Waals surface area contributed by atoms with Crippen LogP contribution in [0, 0.1) is 0 Å². The number of hydrogen-bond donors (Lipinski definition) is 1. The van der Waals surface area contributed by atoms with E-state index in [-0.39, 0.29) is 30.1 Å². The first-order valence-electron chi connectivity index (χ1n) is 9.70. The summed E-state index contributed by atoms with van der Waals surface area (Å²) in [5, 5.41) is 7.75. The van der Waals surface area contributed by atoms with Crippen molar-refractivity contribution in [3.05, 3.63) is 48.5 Å². The first-order chi connectivity index (χ1) is 13.7. The molecule has 1 atom stereocenters. The zero-order chi connectivity index (χ0) is 19.3. The highest BCUT2D eigenvalue weighted by molar-refractivity contribution is 14.0. The van der Waals surface area contributed by atoms with Gasteiger partial charge in [0.2, 0.25) is 0 Å². The van der Waals surface area contributed by atoms with Crippen molar-refractivity contribution in [3.8, 4) is 0 Å². The molecule has 156 valence electrons. The Morgan fingerprint density at radius 1 is 1.34 bits per heavy atom. The molecule has 3 heterocycles. The molecule has 0 saturated carbocycles. The molecule has 1 aromatic carbocycles. The molecule has 9 heteroatoms. The number of morpholine rings is 1. The van der Waals surface area contributed by atoms with Crippen LogP contribution in [-0.4, -0.2) is 63.5 Å². The smallest absolute Gasteiger partial charge is 0.193 e. The van der Waals surface area contributed by atoms with Crippen LogP contribution < -0.4 is 5.32 Å². The van der Waals surface area contributed by atoms with E-state index < -0.39 is 0 Å². The summed E-state index contributed by atoms with van der Waals surface area (Å²) < 4.78 is 9.94. The number of nitrogens with zero attached hydrogens (tertiary/aromatic N) is 6. The standard InChI is InChI=1S/C20H27N7O.HI/c1-21-20(26-10-11-28-19(14-26)16-12-24-25(2)13-16)22-8-5-9-27-15-23-17-6-3-4-7-18(17)27;/h3-4,6-7,12-13,15,19H,5,8-11,14H2,1-2H3,(H,21,22);1H. The highest BCUT2D eigenvalue weighted by Gasteiger charge is 2.24. The van der Waals surface area contributed by atoms with E-state index in [1.165, 1.54) is 5.52 Å². The number of imidazole rings is 1. The first-order valence-corrected chi connectivity index (χ1v) is 9.70. The third kappa shape index (κ3) is 5.08. The minimum absolute atomic E-state index is 0. The molecule has 2 aromatic heterocycles. The molecule has 0 radical (unpaired) electrons. The molecule has 0 amide bonds. The summed E-state index contributed by atoms with van der Waals surface area (Å²) in [4.78, 5) is 11.2. The molecule has 8 nitrogen and oxygen atoms in total. The minimum atomic E-state index is 0. The van der Waals surface area contributed by atoms with Gasteiger partial charge in [0.05, 0.1) is 36.7 Å². The van der Waals surface area contributed by atoms with E-state index in [2.05, 4.69) is 42.0 Å². The average molecular weight is 509 g/mol. The van der Waals surface area contributed by atoms with Crippen LogP contribution in [0.2, 0.25) is 0 Å². The van der Waals surface area contributed by atoms with Gasteiger partial charge in [0.15, 0.2) is 5.96 Å².